The third kappa shape index (κ3) is 4.69. The molecule has 7 rings (SSSR count). The number of piperidine rings is 1. The molecule has 1 aromatic heterocycles. The largest absolute Gasteiger partial charge is 0.490 e. The van der Waals surface area contributed by atoms with E-state index in [0.29, 0.717) is 29.3 Å². The molecule has 4 heterocycles. The number of fused-ring (bicyclic) bond motifs is 3. The first-order chi connectivity index (χ1) is 19.1. The number of nitrogens with one attached hydrogen (secondary N) is 2. The van der Waals surface area contributed by atoms with E-state index < -0.39 is 6.23 Å². The topological polar surface area (TPSA) is 99.7 Å². The number of aromatic nitrogens is 2. The quantitative estimate of drug-likeness (QED) is 0.310. The summed E-state index contributed by atoms with van der Waals surface area (Å²) in [6.07, 6.45) is 3.82. The molecule has 8 nitrogen and oxygen atoms in total. The minimum atomic E-state index is -1.08. The number of aliphatic hydroxyl groups excluding tert-OH is 1. The molecule has 2 bridgehead atoms. The molecule has 0 radical (unpaired) electrons. The van der Waals surface area contributed by atoms with Crippen LogP contribution in [0.3, 0.4) is 0 Å². The monoisotopic (exact) mass is 524 g/mol. The lowest BCUT2D eigenvalue weighted by Gasteiger charge is -2.46. The molecule has 3 atom stereocenters. The molecular formula is C31H32N4O4. The van der Waals surface area contributed by atoms with E-state index in [1.165, 1.54) is 12.8 Å². The molecule has 3 saturated heterocycles. The van der Waals surface area contributed by atoms with Gasteiger partial charge in [0.1, 0.15) is 11.9 Å². The molecule has 8 heteroatoms. The maximum atomic E-state index is 12.9. The fourth-order valence-corrected chi connectivity index (χ4v) is 6.44. The van der Waals surface area contributed by atoms with E-state index in [-0.39, 0.29) is 12.0 Å². The van der Waals surface area contributed by atoms with E-state index in [2.05, 4.69) is 20.4 Å². The van der Waals surface area contributed by atoms with Crippen LogP contribution in [0.2, 0.25) is 0 Å². The SMILES string of the molecule is O=C(N[C@@H](O)c1ccccc1)c1ccc2[nH]nc(-c3ccc(OC4CC5CCC(C4)N5C4COC4)cc3)c2c1. The highest BCUT2D eigenvalue weighted by Gasteiger charge is 2.46. The van der Waals surface area contributed by atoms with Crippen molar-refractivity contribution in [3.8, 4) is 17.0 Å². The number of rotatable bonds is 7. The second kappa shape index (κ2) is 10.1. The van der Waals surface area contributed by atoms with Crippen LogP contribution in [0.25, 0.3) is 22.2 Å². The highest BCUT2D eigenvalue weighted by molar-refractivity contribution is 6.01. The third-order valence-electron chi connectivity index (χ3n) is 8.43. The molecule has 200 valence electrons. The van der Waals surface area contributed by atoms with E-state index >= 15 is 0 Å². The van der Waals surface area contributed by atoms with Gasteiger partial charge >= 0.3 is 0 Å². The number of carbonyl (C=O) groups excluding carboxylic acids is 1. The molecule has 0 spiro atoms. The number of hydrogen-bond acceptors (Lipinski definition) is 6. The Morgan fingerprint density at radius 2 is 1.74 bits per heavy atom. The molecule has 3 aromatic carbocycles. The number of aliphatic hydroxyl groups is 1. The summed E-state index contributed by atoms with van der Waals surface area (Å²) in [5, 5.41) is 21.5. The molecular weight excluding hydrogens is 492 g/mol. The zero-order chi connectivity index (χ0) is 26.3. The van der Waals surface area contributed by atoms with Crippen molar-refractivity contribution in [2.75, 3.05) is 13.2 Å². The number of aromatic amines is 1. The predicted octanol–water partition coefficient (Wildman–Crippen LogP) is 4.42. The maximum Gasteiger partial charge on any atom is 0.253 e. The fourth-order valence-electron chi connectivity index (χ4n) is 6.44. The van der Waals surface area contributed by atoms with Gasteiger partial charge in [-0.1, -0.05) is 30.3 Å². The van der Waals surface area contributed by atoms with Crippen molar-refractivity contribution in [3.63, 3.8) is 0 Å². The van der Waals surface area contributed by atoms with Crippen molar-refractivity contribution < 1.29 is 19.4 Å². The average Bonchev–Trinajstić information content (AvgIpc) is 3.46. The van der Waals surface area contributed by atoms with Crippen LogP contribution in [-0.2, 0) is 4.74 Å². The summed E-state index contributed by atoms with van der Waals surface area (Å²) in [6.45, 7) is 1.76. The normalized spacial score (nSPS) is 23.9. The van der Waals surface area contributed by atoms with Crippen LogP contribution in [0.5, 0.6) is 5.75 Å². The smallest absolute Gasteiger partial charge is 0.253 e. The van der Waals surface area contributed by atoms with E-state index in [1.54, 1.807) is 18.2 Å². The minimum absolute atomic E-state index is 0.240. The highest BCUT2D eigenvalue weighted by atomic mass is 16.5. The lowest BCUT2D eigenvalue weighted by atomic mass is 9.96. The van der Waals surface area contributed by atoms with Crippen LogP contribution in [0.15, 0.2) is 72.8 Å². The lowest BCUT2D eigenvalue weighted by Crippen LogP contribution is -2.57. The van der Waals surface area contributed by atoms with Crippen LogP contribution in [0, 0.1) is 0 Å². The Hall–Kier alpha value is -3.72. The van der Waals surface area contributed by atoms with Gasteiger partial charge in [-0.2, -0.15) is 5.10 Å². The van der Waals surface area contributed by atoms with Crippen LogP contribution in [0.1, 0.15) is 47.8 Å². The molecule has 1 amide bonds. The number of carbonyl (C=O) groups is 1. The number of nitrogens with zero attached hydrogens (tertiary/aromatic N) is 2. The van der Waals surface area contributed by atoms with Gasteiger partial charge in [-0.3, -0.25) is 14.8 Å². The van der Waals surface area contributed by atoms with Crippen molar-refractivity contribution in [2.24, 2.45) is 0 Å². The van der Waals surface area contributed by atoms with Gasteiger partial charge in [-0.05, 0) is 68.1 Å². The number of hydrogen-bond donors (Lipinski definition) is 3. The van der Waals surface area contributed by atoms with E-state index in [0.717, 1.165) is 54.0 Å². The predicted molar refractivity (Wildman–Crippen MR) is 147 cm³/mol. The van der Waals surface area contributed by atoms with Gasteiger partial charge in [-0.15, -0.1) is 0 Å². The molecule has 39 heavy (non-hydrogen) atoms. The van der Waals surface area contributed by atoms with Crippen LogP contribution >= 0.6 is 0 Å². The highest BCUT2D eigenvalue weighted by Crippen LogP contribution is 2.40. The maximum absolute atomic E-state index is 12.9. The number of H-pyrrole nitrogens is 1. The van der Waals surface area contributed by atoms with Gasteiger partial charge < -0.3 is 19.9 Å². The van der Waals surface area contributed by atoms with Gasteiger partial charge in [0.2, 0.25) is 0 Å². The summed E-state index contributed by atoms with van der Waals surface area (Å²) < 4.78 is 11.9. The number of amides is 1. The molecule has 3 aliphatic rings. The fraction of sp³-hybridized carbons (Fsp3) is 0.355. The molecule has 3 N–H and O–H groups in total. The summed E-state index contributed by atoms with van der Waals surface area (Å²) in [5.74, 6) is 0.521. The van der Waals surface area contributed by atoms with Crippen LogP contribution in [0.4, 0.5) is 0 Å². The molecule has 0 aliphatic carbocycles. The average molecular weight is 525 g/mol. The Kier molecular flexibility index (Phi) is 6.31. The molecule has 0 saturated carbocycles. The van der Waals surface area contributed by atoms with Crippen LogP contribution in [-0.4, -0.2) is 63.6 Å². The minimum Gasteiger partial charge on any atom is -0.490 e. The van der Waals surface area contributed by atoms with Crippen molar-refractivity contribution in [1.29, 1.82) is 0 Å². The number of benzene rings is 3. The van der Waals surface area contributed by atoms with E-state index in [4.69, 9.17) is 9.47 Å². The summed E-state index contributed by atoms with van der Waals surface area (Å²) in [6, 6.07) is 24.3. The van der Waals surface area contributed by atoms with Crippen molar-refractivity contribution >= 4 is 16.8 Å². The van der Waals surface area contributed by atoms with Crippen LogP contribution < -0.4 is 10.1 Å². The van der Waals surface area contributed by atoms with Crippen molar-refractivity contribution in [3.05, 3.63) is 83.9 Å². The first-order valence-electron chi connectivity index (χ1n) is 13.8. The standard InChI is InChI=1S/C31H32N4O4/c36-30(20-4-2-1-3-5-20)32-31(37)21-8-13-28-27(14-21)29(34-33-28)19-6-11-25(12-7-19)39-26-15-22-9-10-23(16-26)35(22)24-17-38-18-24/h1-8,11-14,22-24,26,30,36H,9-10,15-18H2,(H,32,37)(H,33,34)/t22?,23?,26?,30-/m0/s1. The molecule has 2 unspecified atom stereocenters. The van der Waals surface area contributed by atoms with Crippen molar-refractivity contribution in [2.45, 2.75) is 56.1 Å². The molecule has 4 aromatic rings. The van der Waals surface area contributed by atoms with Gasteiger partial charge in [0.05, 0.1) is 30.5 Å². The Labute approximate surface area is 226 Å². The molecule has 3 fully saturated rings. The first kappa shape index (κ1) is 24.3. The second-order valence-electron chi connectivity index (χ2n) is 10.9. The first-order valence-corrected chi connectivity index (χ1v) is 13.8. The Morgan fingerprint density at radius 3 is 2.44 bits per heavy atom. The summed E-state index contributed by atoms with van der Waals surface area (Å²) >= 11 is 0. The van der Waals surface area contributed by atoms with Crippen molar-refractivity contribution in [1.82, 2.24) is 20.4 Å². The zero-order valence-corrected chi connectivity index (χ0v) is 21.6. The molecule has 3 aliphatic heterocycles. The Bertz CT molecular complexity index is 1450. The lowest BCUT2D eigenvalue weighted by molar-refractivity contribution is -0.102. The number of ether oxygens (including phenoxy) is 2. The Morgan fingerprint density at radius 1 is 1.00 bits per heavy atom. The summed E-state index contributed by atoms with van der Waals surface area (Å²) in [5.41, 5.74) is 3.63. The summed E-state index contributed by atoms with van der Waals surface area (Å²) in [4.78, 5) is 15.6. The second-order valence-corrected chi connectivity index (χ2v) is 10.9. The zero-order valence-electron chi connectivity index (χ0n) is 21.6. The van der Waals surface area contributed by atoms with E-state index in [1.807, 2.05) is 54.6 Å². The summed E-state index contributed by atoms with van der Waals surface area (Å²) in [7, 11) is 0. The van der Waals surface area contributed by atoms with E-state index in [9.17, 15) is 9.90 Å². The van der Waals surface area contributed by atoms with Gasteiger partial charge in [-0.25, -0.2) is 0 Å². The van der Waals surface area contributed by atoms with Gasteiger partial charge in [0, 0.05) is 34.2 Å². The van der Waals surface area contributed by atoms with Gasteiger partial charge in [0.15, 0.2) is 6.23 Å². The van der Waals surface area contributed by atoms with Gasteiger partial charge in [0.25, 0.3) is 5.91 Å². The third-order valence-corrected chi connectivity index (χ3v) is 8.43. The Balaban J connectivity index is 1.04.